The second kappa shape index (κ2) is 39.3. The molecule has 0 atom stereocenters. The highest BCUT2D eigenvalue weighted by Gasteiger charge is 2.26. The second-order valence-electron chi connectivity index (χ2n) is 34.0. The maximum absolute atomic E-state index is 6.67. The Labute approximate surface area is 880 Å². The number of halogens is 4. The molecule has 0 bridgehead atoms. The minimum absolute atomic E-state index is 0. The van der Waals surface area contributed by atoms with Crippen molar-refractivity contribution in [3.63, 3.8) is 0 Å². The Morgan fingerprint density at radius 2 is 0.596 bits per heavy atom. The smallest absolute Gasteiger partial charge is 0.159 e. The summed E-state index contributed by atoms with van der Waals surface area (Å²) in [5, 5.41) is 31.6. The summed E-state index contributed by atoms with van der Waals surface area (Å²) >= 11 is 22.8. The predicted molar refractivity (Wildman–Crippen MR) is 648 cm³/mol. The van der Waals surface area contributed by atoms with Gasteiger partial charge in [-0.2, -0.15) is 0 Å². The molecule has 680 valence electrons. The molecule has 0 amide bonds. The highest BCUT2D eigenvalue weighted by molar-refractivity contribution is 14.1. The summed E-state index contributed by atoms with van der Waals surface area (Å²) < 4.78 is 37.0. The molecule has 0 unspecified atom stereocenters. The van der Waals surface area contributed by atoms with Crippen molar-refractivity contribution in [1.82, 2.24) is 0 Å². The first kappa shape index (κ1) is 91.5. The number of hydrogen-bond acceptors (Lipinski definition) is 12. The van der Waals surface area contributed by atoms with Crippen molar-refractivity contribution >= 4 is 388 Å². The van der Waals surface area contributed by atoms with Gasteiger partial charge in [-0.25, -0.2) is 0 Å². The number of nitrogens with one attached hydrogen (secondary N) is 1. The van der Waals surface area contributed by atoms with Crippen molar-refractivity contribution in [3.05, 3.63) is 434 Å². The van der Waals surface area contributed by atoms with Crippen LogP contribution in [-0.2, 0) is 0 Å². The molecule has 6 nitrogen and oxygen atoms in total. The molecule has 0 aliphatic carbocycles. The number of para-hydroxylation sites is 6. The molecular formula is C125H83Br2I2N3O3S6. The Morgan fingerprint density at radius 1 is 0.248 bits per heavy atom. The van der Waals surface area contributed by atoms with Gasteiger partial charge in [-0.1, -0.05) is 366 Å². The van der Waals surface area contributed by atoms with Gasteiger partial charge >= 0.3 is 0 Å². The molecule has 0 saturated carbocycles. The average Bonchev–Trinajstić information content (AvgIpc) is 1.60. The van der Waals surface area contributed by atoms with Crippen LogP contribution in [0.5, 0.6) is 0 Å². The van der Waals surface area contributed by atoms with Crippen LogP contribution in [0, 0.1) is 0 Å². The lowest BCUT2D eigenvalue weighted by Gasteiger charge is -2.26. The molecular weight excluding hydrogens is 2200 g/mol. The van der Waals surface area contributed by atoms with E-state index in [-0.39, 0.29) is 7.43 Å². The molecule has 21 aromatic carbocycles. The Hall–Kier alpha value is -13.3. The largest absolute Gasteiger partial charge is 0.454 e. The van der Waals surface area contributed by atoms with E-state index in [1.807, 2.05) is 139 Å². The van der Waals surface area contributed by atoms with E-state index >= 15 is 0 Å². The van der Waals surface area contributed by atoms with Gasteiger partial charge in [-0.05, 0) is 197 Å². The number of anilines is 6. The Kier molecular flexibility index (Phi) is 25.5. The van der Waals surface area contributed by atoms with E-state index < -0.39 is 0 Å². The molecule has 16 heteroatoms. The van der Waals surface area contributed by atoms with E-state index in [4.69, 9.17) is 19.0 Å². The SMILES string of the molecule is Brc1ccc(-c2ccc3ccccc3c2)cc1.Brc1cccc2c1sc1c2ccc2sc3ccccc3c21.C.CI.CI.Nc1cccc2c1oc1ccccc12.c1ccc2c(c1)oc1c(Nc3cccc4c3sc3c4ccc4sc5ccccc5c43)cccc12.c1ccc2cc(-c3ccc(N(c4cccc5c4oc4ccccc45)c4cccc5c4sc4c5ccc5sc6ccccc6c54)cc3)ccc2c1. The predicted octanol–water partition coefficient (Wildman–Crippen LogP) is 43.0. The molecule has 9 aromatic heterocycles. The minimum Gasteiger partial charge on any atom is -0.454 e. The Bertz CT molecular complexity index is 10000. The zero-order chi connectivity index (χ0) is 94.2. The van der Waals surface area contributed by atoms with Crippen LogP contribution in [0.25, 0.3) is 231 Å². The van der Waals surface area contributed by atoms with Crippen LogP contribution in [0.1, 0.15) is 7.43 Å². The highest BCUT2D eigenvalue weighted by atomic mass is 127. The first-order valence-electron chi connectivity index (χ1n) is 45.7. The van der Waals surface area contributed by atoms with E-state index in [0.717, 1.165) is 98.7 Å². The molecule has 30 rings (SSSR count). The molecule has 0 radical (unpaired) electrons. The fourth-order valence-corrected chi connectivity index (χ4v) is 28.1. The monoisotopic (exact) mass is 2280 g/mol. The van der Waals surface area contributed by atoms with Gasteiger partial charge in [-0.15, -0.1) is 68.0 Å². The van der Waals surface area contributed by atoms with Gasteiger partial charge in [0, 0.05) is 159 Å². The lowest BCUT2D eigenvalue weighted by atomic mass is 10.0. The molecule has 3 N–H and O–H groups in total. The first-order chi connectivity index (χ1) is 69.1. The lowest BCUT2D eigenvalue weighted by Crippen LogP contribution is -2.10. The number of alkyl halides is 2. The highest BCUT2D eigenvalue weighted by Crippen LogP contribution is 2.54. The van der Waals surface area contributed by atoms with Crippen LogP contribution in [0.15, 0.2) is 447 Å². The van der Waals surface area contributed by atoms with Crippen molar-refractivity contribution in [2.75, 3.05) is 25.8 Å². The number of rotatable bonds is 7. The van der Waals surface area contributed by atoms with Gasteiger partial charge < -0.3 is 29.2 Å². The number of nitrogens with zero attached hydrogens (tertiary/aromatic N) is 1. The summed E-state index contributed by atoms with van der Waals surface area (Å²) in [5.74, 6) is 0. The summed E-state index contributed by atoms with van der Waals surface area (Å²) in [7, 11) is 0. The summed E-state index contributed by atoms with van der Waals surface area (Å²) in [6.07, 6.45) is 0. The number of furan rings is 3. The lowest BCUT2D eigenvalue weighted by molar-refractivity contribution is 0.669. The van der Waals surface area contributed by atoms with E-state index in [0.29, 0.717) is 5.69 Å². The van der Waals surface area contributed by atoms with Gasteiger partial charge in [0.2, 0.25) is 0 Å². The van der Waals surface area contributed by atoms with Crippen molar-refractivity contribution in [1.29, 1.82) is 0 Å². The minimum atomic E-state index is 0. The number of benzene rings is 21. The third-order valence-corrected chi connectivity index (χ3v) is 34.7. The summed E-state index contributed by atoms with van der Waals surface area (Å²) in [6.45, 7) is 0. The van der Waals surface area contributed by atoms with Gasteiger partial charge in [0.1, 0.15) is 16.7 Å². The molecule has 0 fully saturated rings. The number of fused-ring (bicyclic) bond motifs is 32. The van der Waals surface area contributed by atoms with Crippen LogP contribution in [0.3, 0.4) is 0 Å². The zero-order valence-corrected chi connectivity index (χ0v) is 87.5. The molecule has 0 aliphatic heterocycles. The second-order valence-corrected chi connectivity index (χ2v) is 42.1. The summed E-state index contributed by atoms with van der Waals surface area (Å²) in [4.78, 5) is 6.34. The van der Waals surface area contributed by atoms with Gasteiger partial charge in [0.25, 0.3) is 0 Å². The normalized spacial score (nSPS) is 11.4. The Morgan fingerprint density at radius 3 is 1.11 bits per heavy atom. The van der Waals surface area contributed by atoms with Crippen LogP contribution < -0.4 is 16.0 Å². The zero-order valence-electron chi connectivity index (χ0n) is 75.1. The van der Waals surface area contributed by atoms with Crippen LogP contribution in [-0.4, -0.2) is 9.86 Å². The number of nitrogen functional groups attached to an aromatic ring is 1. The first-order valence-corrected chi connectivity index (χ1v) is 56.5. The fourth-order valence-electron chi connectivity index (χ4n) is 19.7. The standard InChI is InChI=1S/C46H27NOS2.C30H17NOS2.C18H9BrS2.C16H11Br.C12H9NO.2CH3I.CH4/c1-2-10-30-27-31(20-19-28(30)9-1)29-21-23-32(24-22-29)47(38-15-7-13-34-33-11-3-5-17-40(33)48-44(34)38)39-16-8-14-35-36-25-26-42-43(46(36)50-45(35)39)37-12-4-6-18-41(37)49-42;1-3-13-24-17(7-1)18-9-5-11-22(28(18)32-24)31-23-12-6-10-19-20-15-16-26-27(30(20)34-29(19)23)21-8-2-4-14-25(21)33-26;19-13-6-3-5-10-11-8-9-15-16(18(11)21-17(10)13)12-4-1-2-7-14(12)20-15;17-16-9-7-13(8-10-16)15-6-5-12-3-1-2-4-14(12)11-15;13-10-6-3-5-9-8-4-1-2-7-11(8)14-12(9)10;2*1-2;/h1-27H;1-16,31H;1-9H;1-11H;1-7H,13H2;2*1H3;1H4. The van der Waals surface area contributed by atoms with Crippen LogP contribution in [0.4, 0.5) is 34.1 Å². The molecule has 30 aromatic rings. The van der Waals surface area contributed by atoms with Crippen molar-refractivity contribution < 1.29 is 13.3 Å². The van der Waals surface area contributed by atoms with E-state index in [1.165, 1.54) is 169 Å². The van der Waals surface area contributed by atoms with Crippen molar-refractivity contribution in [3.8, 4) is 22.3 Å². The van der Waals surface area contributed by atoms with Gasteiger partial charge in [0.15, 0.2) is 16.7 Å². The third kappa shape index (κ3) is 16.7. The molecule has 9 heterocycles. The maximum Gasteiger partial charge on any atom is 0.159 e. The molecule has 0 aliphatic rings. The van der Waals surface area contributed by atoms with E-state index in [2.05, 4.69) is 451 Å². The number of thiophene rings is 6. The van der Waals surface area contributed by atoms with Gasteiger partial charge in [-0.3, -0.25) is 0 Å². The average molecular weight is 2280 g/mol. The molecule has 0 spiro atoms. The van der Waals surface area contributed by atoms with Gasteiger partial charge in [0.05, 0.1) is 37.8 Å². The maximum atomic E-state index is 6.67. The third-order valence-electron chi connectivity index (χ3n) is 26.1. The quantitative estimate of drug-likeness (QED) is 0.0940. The summed E-state index contributed by atoms with van der Waals surface area (Å²) in [5.41, 5.74) is 22.0. The fraction of sp³-hybridized carbons (Fsp3) is 0.0240. The van der Waals surface area contributed by atoms with Crippen LogP contribution in [0.2, 0.25) is 0 Å². The molecule has 141 heavy (non-hydrogen) atoms. The number of hydrogen-bond donors (Lipinski definition) is 2. The van der Waals surface area contributed by atoms with Crippen molar-refractivity contribution in [2.24, 2.45) is 0 Å². The van der Waals surface area contributed by atoms with E-state index in [1.54, 1.807) is 0 Å². The number of nitrogens with two attached hydrogens (primary N) is 1. The van der Waals surface area contributed by atoms with Crippen LogP contribution >= 0.6 is 145 Å². The molecule has 0 saturated heterocycles. The Balaban J connectivity index is 0.000000105. The van der Waals surface area contributed by atoms with E-state index in [9.17, 15) is 0 Å². The topological polar surface area (TPSA) is 80.7 Å². The summed E-state index contributed by atoms with van der Waals surface area (Å²) in [6, 6.07) is 151. The van der Waals surface area contributed by atoms with Crippen molar-refractivity contribution in [2.45, 2.75) is 7.43 Å².